The molecular formula is C13H12N2O4. The third-order valence-electron chi connectivity index (χ3n) is 4.15. The molecule has 3 N–H and O–H groups in total. The van der Waals surface area contributed by atoms with Crippen molar-refractivity contribution >= 4 is 17.9 Å². The second-order valence-corrected chi connectivity index (χ2v) is 5.35. The fraction of sp³-hybridized carbons (Fsp3) is 0.308. The van der Waals surface area contributed by atoms with E-state index in [9.17, 15) is 14.4 Å². The first kappa shape index (κ1) is 11.7. The highest BCUT2D eigenvalue weighted by Gasteiger charge is 2.66. The van der Waals surface area contributed by atoms with Crippen molar-refractivity contribution in [2.75, 3.05) is 0 Å². The zero-order valence-electron chi connectivity index (χ0n) is 10.4. The normalized spacial score (nSPS) is 26.4. The van der Waals surface area contributed by atoms with E-state index >= 15 is 0 Å². The predicted octanol–water partition coefficient (Wildman–Crippen LogP) is 0.711. The van der Waals surface area contributed by atoms with E-state index < -0.39 is 28.9 Å². The first-order chi connectivity index (χ1) is 8.80. The van der Waals surface area contributed by atoms with Crippen LogP contribution >= 0.6 is 0 Å². The molecule has 1 heterocycles. The summed E-state index contributed by atoms with van der Waals surface area (Å²) < 4.78 is 0. The van der Waals surface area contributed by atoms with Gasteiger partial charge in [0.2, 0.25) is 0 Å². The highest BCUT2D eigenvalue weighted by Crippen LogP contribution is 2.55. The maximum absolute atomic E-state index is 12.1. The third kappa shape index (κ3) is 1.13. The summed E-state index contributed by atoms with van der Waals surface area (Å²) in [7, 11) is 0. The number of carbonyl (C=O) groups is 3. The molecule has 1 aromatic carbocycles. The molecule has 0 radical (unpaired) electrons. The van der Waals surface area contributed by atoms with Crippen molar-refractivity contribution in [3.63, 3.8) is 0 Å². The molecule has 0 aromatic heterocycles. The summed E-state index contributed by atoms with van der Waals surface area (Å²) in [5.41, 5.74) is -0.137. The minimum atomic E-state index is -1.09. The fourth-order valence-electron chi connectivity index (χ4n) is 3.08. The molecule has 1 aromatic rings. The lowest BCUT2D eigenvalue weighted by Crippen LogP contribution is -2.65. The van der Waals surface area contributed by atoms with E-state index in [1.54, 1.807) is 12.1 Å². The van der Waals surface area contributed by atoms with Crippen molar-refractivity contribution < 1.29 is 19.5 Å². The minimum Gasteiger partial charge on any atom is -0.478 e. The number of hydrogen-bond acceptors (Lipinski definition) is 3. The number of hydrogen-bond donors (Lipinski definition) is 3. The first-order valence-electron chi connectivity index (χ1n) is 5.82. The van der Waals surface area contributed by atoms with E-state index in [1.807, 2.05) is 13.8 Å². The molecule has 98 valence electrons. The van der Waals surface area contributed by atoms with Gasteiger partial charge in [-0.25, -0.2) is 9.59 Å². The van der Waals surface area contributed by atoms with Crippen LogP contribution in [0.25, 0.3) is 0 Å². The Morgan fingerprint density at radius 2 is 1.89 bits per heavy atom. The highest BCUT2D eigenvalue weighted by molar-refractivity contribution is 6.10. The van der Waals surface area contributed by atoms with Crippen molar-refractivity contribution in [2.24, 2.45) is 0 Å². The van der Waals surface area contributed by atoms with Gasteiger partial charge in [-0.2, -0.15) is 0 Å². The molecule has 1 saturated heterocycles. The monoisotopic (exact) mass is 260 g/mol. The summed E-state index contributed by atoms with van der Waals surface area (Å²) in [5.74, 6) is -1.41. The van der Waals surface area contributed by atoms with Crippen molar-refractivity contribution in [3.05, 3.63) is 34.9 Å². The Hall–Kier alpha value is -2.37. The van der Waals surface area contributed by atoms with Crippen LogP contribution in [0.2, 0.25) is 0 Å². The van der Waals surface area contributed by atoms with Crippen LogP contribution in [-0.4, -0.2) is 23.0 Å². The van der Waals surface area contributed by atoms with Gasteiger partial charge in [-0.05, 0) is 23.3 Å². The number of amides is 3. The highest BCUT2D eigenvalue weighted by atomic mass is 16.4. The van der Waals surface area contributed by atoms with Crippen molar-refractivity contribution in [1.82, 2.24) is 10.6 Å². The van der Waals surface area contributed by atoms with E-state index in [-0.39, 0.29) is 5.56 Å². The van der Waals surface area contributed by atoms with E-state index in [0.29, 0.717) is 5.56 Å². The Kier molecular flexibility index (Phi) is 1.94. The molecular weight excluding hydrogens is 248 g/mol. The summed E-state index contributed by atoms with van der Waals surface area (Å²) in [4.78, 5) is 34.5. The standard InChI is InChI=1S/C13H12N2O4/c1-12(2)8-5-6(9(16)17)3-4-7(8)13(12)10(18)14-11(19)15-13/h3-5H,1-2H3,(H,16,17)(H2,14,15,18,19)/t13-/m0/s1. The van der Waals surface area contributed by atoms with Crippen LogP contribution in [0, 0.1) is 0 Å². The van der Waals surface area contributed by atoms with Gasteiger partial charge in [0.05, 0.1) is 5.56 Å². The molecule has 3 amide bonds. The summed E-state index contributed by atoms with van der Waals surface area (Å²) in [6.07, 6.45) is 0. The molecule has 1 aliphatic heterocycles. The zero-order chi connectivity index (χ0) is 14.0. The van der Waals surface area contributed by atoms with Crippen LogP contribution in [0.3, 0.4) is 0 Å². The van der Waals surface area contributed by atoms with Gasteiger partial charge in [-0.3, -0.25) is 10.1 Å². The molecule has 2 aliphatic rings. The van der Waals surface area contributed by atoms with Gasteiger partial charge in [0, 0.05) is 5.41 Å². The molecule has 6 heteroatoms. The summed E-state index contributed by atoms with van der Waals surface area (Å²) in [6, 6.07) is 4.07. The lowest BCUT2D eigenvalue weighted by molar-refractivity contribution is -0.128. The van der Waals surface area contributed by atoms with Crippen molar-refractivity contribution in [2.45, 2.75) is 24.8 Å². The van der Waals surface area contributed by atoms with Gasteiger partial charge < -0.3 is 10.4 Å². The summed E-state index contributed by atoms with van der Waals surface area (Å²) in [5, 5.41) is 13.9. The maximum atomic E-state index is 12.1. The number of benzene rings is 1. The second kappa shape index (κ2) is 3.14. The molecule has 0 unspecified atom stereocenters. The van der Waals surface area contributed by atoms with Gasteiger partial charge in [0.15, 0.2) is 5.54 Å². The predicted molar refractivity (Wildman–Crippen MR) is 64.8 cm³/mol. The SMILES string of the molecule is CC1(C)c2cc(C(=O)O)ccc2[C@@]12NC(=O)NC2=O. The number of fused-ring (bicyclic) bond motifs is 2. The van der Waals surface area contributed by atoms with Gasteiger partial charge in [0.1, 0.15) is 0 Å². The Morgan fingerprint density at radius 3 is 2.42 bits per heavy atom. The van der Waals surface area contributed by atoms with Gasteiger partial charge >= 0.3 is 12.0 Å². The quantitative estimate of drug-likeness (QED) is 0.648. The number of nitrogens with one attached hydrogen (secondary N) is 2. The molecule has 1 spiro atoms. The number of aromatic carboxylic acids is 1. The van der Waals surface area contributed by atoms with Gasteiger partial charge in [-0.15, -0.1) is 0 Å². The van der Waals surface area contributed by atoms with Crippen molar-refractivity contribution in [1.29, 1.82) is 0 Å². The number of carboxylic acid groups (broad SMARTS) is 1. The Labute approximate surface area is 108 Å². The molecule has 3 rings (SSSR count). The van der Waals surface area contributed by atoms with Crippen LogP contribution in [0.4, 0.5) is 4.79 Å². The fourth-order valence-corrected chi connectivity index (χ4v) is 3.08. The number of imide groups is 1. The van der Waals surface area contributed by atoms with Crippen LogP contribution in [0.5, 0.6) is 0 Å². The van der Waals surface area contributed by atoms with E-state index in [2.05, 4.69) is 10.6 Å². The van der Waals surface area contributed by atoms with Gasteiger partial charge in [-0.1, -0.05) is 19.9 Å². The summed E-state index contributed by atoms with van der Waals surface area (Å²) >= 11 is 0. The lowest BCUT2D eigenvalue weighted by Gasteiger charge is -2.53. The molecule has 0 saturated carbocycles. The number of urea groups is 1. The molecule has 0 bridgehead atoms. The smallest absolute Gasteiger partial charge is 0.335 e. The van der Waals surface area contributed by atoms with Crippen molar-refractivity contribution in [3.8, 4) is 0 Å². The van der Waals surface area contributed by atoms with Crippen LogP contribution in [-0.2, 0) is 15.7 Å². The number of carbonyl (C=O) groups excluding carboxylic acids is 2. The Balaban J connectivity index is 2.20. The van der Waals surface area contributed by atoms with Crippen LogP contribution in [0.1, 0.15) is 35.3 Å². The molecule has 1 fully saturated rings. The zero-order valence-corrected chi connectivity index (χ0v) is 10.4. The van der Waals surface area contributed by atoms with Crippen LogP contribution < -0.4 is 10.6 Å². The molecule has 1 atom stereocenters. The van der Waals surface area contributed by atoms with E-state index in [0.717, 1.165) is 5.56 Å². The molecule has 6 nitrogen and oxygen atoms in total. The second-order valence-electron chi connectivity index (χ2n) is 5.35. The van der Waals surface area contributed by atoms with Gasteiger partial charge in [0.25, 0.3) is 5.91 Å². The van der Waals surface area contributed by atoms with E-state index in [1.165, 1.54) is 6.07 Å². The molecule has 1 aliphatic carbocycles. The first-order valence-corrected chi connectivity index (χ1v) is 5.82. The lowest BCUT2D eigenvalue weighted by atomic mass is 9.52. The van der Waals surface area contributed by atoms with E-state index in [4.69, 9.17) is 5.11 Å². The van der Waals surface area contributed by atoms with Crippen LogP contribution in [0.15, 0.2) is 18.2 Å². The Morgan fingerprint density at radius 1 is 1.21 bits per heavy atom. The molecule has 19 heavy (non-hydrogen) atoms. The third-order valence-corrected chi connectivity index (χ3v) is 4.15. The average molecular weight is 260 g/mol. The number of carboxylic acids is 1. The largest absolute Gasteiger partial charge is 0.478 e. The number of rotatable bonds is 1. The minimum absolute atomic E-state index is 0.173. The maximum Gasteiger partial charge on any atom is 0.335 e. The average Bonchev–Trinajstić information content (AvgIpc) is 2.66. The topological polar surface area (TPSA) is 95.5 Å². The Bertz CT molecular complexity index is 650. The summed E-state index contributed by atoms with van der Waals surface area (Å²) in [6.45, 7) is 3.62.